The lowest BCUT2D eigenvalue weighted by Gasteiger charge is -2.37. The highest BCUT2D eigenvalue weighted by atomic mass is 19.1. The van der Waals surface area contributed by atoms with Gasteiger partial charge in [0.15, 0.2) is 23.1 Å². The van der Waals surface area contributed by atoms with Gasteiger partial charge in [-0.05, 0) is 68.3 Å². The van der Waals surface area contributed by atoms with Gasteiger partial charge in [0.1, 0.15) is 35.9 Å². The molecule has 3 aliphatic rings. The van der Waals surface area contributed by atoms with E-state index in [4.69, 9.17) is 8.85 Å². The van der Waals surface area contributed by atoms with Crippen LogP contribution in [0.15, 0.2) is 85.6 Å². The number of carbonyl (C=O) groups excluding carboxylic acids is 2. The van der Waals surface area contributed by atoms with Crippen molar-refractivity contribution in [1.29, 1.82) is 0 Å². The molecule has 3 fully saturated rings. The molecular weight excluding hydrogens is 882 g/mol. The Morgan fingerprint density at radius 3 is 2.42 bits per heavy atom. The molecule has 0 radical (unpaired) electrons. The second-order valence-corrected chi connectivity index (χ2v) is 17.2. The lowest BCUT2D eigenvalue weighted by molar-refractivity contribution is -0.131. The SMILES string of the molecule is [2H]C([2H])([2H])NC(=O)c1nnc(Nc2ccc(N3CCN(C(=O)CCCN4CCN(c5cc(N[C@@H]6CCCN(c7cccc(F)c7)C6)ncn5)CC4)CC3)cn2)cc1Nc1cccc(-c2ncn(C)n2)c1OC. The number of para-hydroxylation sites is 1. The summed E-state index contributed by atoms with van der Waals surface area (Å²) in [4.78, 5) is 55.5. The maximum atomic E-state index is 13.9. The summed E-state index contributed by atoms with van der Waals surface area (Å²) in [6.45, 7) is 5.75. The van der Waals surface area contributed by atoms with E-state index in [9.17, 15) is 14.0 Å². The number of methoxy groups -OCH3 is 1. The van der Waals surface area contributed by atoms with Crippen LogP contribution in [0.4, 0.5) is 50.4 Å². The van der Waals surface area contributed by atoms with Crippen LogP contribution >= 0.6 is 0 Å². The minimum Gasteiger partial charge on any atom is -0.494 e. The summed E-state index contributed by atoms with van der Waals surface area (Å²) in [7, 11) is 3.25. The molecule has 1 atom stereocenters. The van der Waals surface area contributed by atoms with Crippen molar-refractivity contribution in [1.82, 2.24) is 55.0 Å². The molecule has 3 aliphatic heterocycles. The molecular formula is C48H58FN17O3. The Bertz CT molecular complexity index is 2820. The summed E-state index contributed by atoms with van der Waals surface area (Å²) in [6.07, 6.45) is 8.23. The zero-order valence-electron chi connectivity index (χ0n) is 41.7. The summed E-state index contributed by atoms with van der Waals surface area (Å²) in [6, 6.07) is 19.5. The molecule has 360 valence electrons. The minimum absolute atomic E-state index is 0.150. The number of carbonyl (C=O) groups is 2. The first-order valence-electron chi connectivity index (χ1n) is 24.7. The first-order valence-corrected chi connectivity index (χ1v) is 23.2. The predicted octanol–water partition coefficient (Wildman–Crippen LogP) is 4.78. The van der Waals surface area contributed by atoms with E-state index in [2.05, 4.69) is 70.8 Å². The van der Waals surface area contributed by atoms with Crippen molar-refractivity contribution in [2.45, 2.75) is 31.7 Å². The van der Waals surface area contributed by atoms with Crippen molar-refractivity contribution < 1.29 is 22.8 Å². The molecule has 20 nitrogen and oxygen atoms in total. The van der Waals surface area contributed by atoms with E-state index < -0.39 is 12.9 Å². The number of piperazine rings is 2. The Morgan fingerprint density at radius 2 is 1.65 bits per heavy atom. The van der Waals surface area contributed by atoms with Crippen LogP contribution in [-0.2, 0) is 11.8 Å². The van der Waals surface area contributed by atoms with Crippen LogP contribution < -0.4 is 40.7 Å². The molecule has 3 saturated heterocycles. The number of aromatic nitrogens is 8. The van der Waals surface area contributed by atoms with Gasteiger partial charge in [-0.2, -0.15) is 5.10 Å². The Morgan fingerprint density at radius 1 is 0.812 bits per heavy atom. The smallest absolute Gasteiger partial charge is 0.273 e. The summed E-state index contributed by atoms with van der Waals surface area (Å²) >= 11 is 0. The van der Waals surface area contributed by atoms with Crippen molar-refractivity contribution in [3.8, 4) is 17.1 Å². The number of hydrogen-bond donors (Lipinski definition) is 4. The number of amides is 2. The molecule has 6 aromatic rings. The second kappa shape index (κ2) is 21.5. The van der Waals surface area contributed by atoms with Crippen molar-refractivity contribution in [2.75, 3.05) is 117 Å². The van der Waals surface area contributed by atoms with Crippen LogP contribution in [0.2, 0.25) is 0 Å². The first-order chi connectivity index (χ1) is 34.8. The van der Waals surface area contributed by atoms with Crippen LogP contribution in [-0.4, -0.2) is 154 Å². The Balaban J connectivity index is 0.725. The summed E-state index contributed by atoms with van der Waals surface area (Å²) in [5.41, 5.74) is 2.72. The molecule has 9 rings (SSSR count). The van der Waals surface area contributed by atoms with Gasteiger partial charge >= 0.3 is 0 Å². The molecule has 0 saturated carbocycles. The van der Waals surface area contributed by atoms with Crippen LogP contribution in [0.25, 0.3) is 11.4 Å². The number of anilines is 8. The number of benzene rings is 2. The second-order valence-electron chi connectivity index (χ2n) is 17.2. The average molecular weight is 943 g/mol. The molecule has 4 N–H and O–H groups in total. The van der Waals surface area contributed by atoms with Gasteiger partial charge in [0.2, 0.25) is 5.91 Å². The number of nitrogens with zero attached hydrogens (tertiary/aromatic N) is 13. The van der Waals surface area contributed by atoms with Crippen molar-refractivity contribution in [3.63, 3.8) is 0 Å². The monoisotopic (exact) mass is 943 g/mol. The molecule has 2 amide bonds. The topological polar surface area (TPSA) is 203 Å². The lowest BCUT2D eigenvalue weighted by Crippen LogP contribution is -2.49. The van der Waals surface area contributed by atoms with Gasteiger partial charge in [-0.1, -0.05) is 12.1 Å². The van der Waals surface area contributed by atoms with E-state index in [0.29, 0.717) is 61.2 Å². The van der Waals surface area contributed by atoms with Crippen LogP contribution in [0.1, 0.15) is 40.3 Å². The van der Waals surface area contributed by atoms with E-state index in [-0.39, 0.29) is 35.0 Å². The molecule has 0 unspecified atom stereocenters. The fraction of sp³-hybridized carbons (Fsp3) is 0.396. The Labute approximate surface area is 404 Å². The summed E-state index contributed by atoms with van der Waals surface area (Å²) in [5.74, 6) is 2.17. The van der Waals surface area contributed by atoms with Crippen LogP contribution in [0.5, 0.6) is 5.75 Å². The van der Waals surface area contributed by atoms with Gasteiger partial charge in [0.25, 0.3) is 5.91 Å². The average Bonchev–Trinajstić information content (AvgIpc) is 3.82. The Hall–Kier alpha value is -7.68. The van der Waals surface area contributed by atoms with E-state index in [1.165, 1.54) is 19.2 Å². The molecule has 7 heterocycles. The molecule has 0 bridgehead atoms. The molecule has 0 aliphatic carbocycles. The number of rotatable bonds is 16. The zero-order chi connectivity index (χ0) is 50.2. The largest absolute Gasteiger partial charge is 0.494 e. The minimum atomic E-state index is -2.76. The highest BCUT2D eigenvalue weighted by Gasteiger charge is 2.25. The van der Waals surface area contributed by atoms with Gasteiger partial charge in [0, 0.05) is 114 Å². The third-order valence-corrected chi connectivity index (χ3v) is 12.6. The molecule has 2 aromatic carbocycles. The van der Waals surface area contributed by atoms with Gasteiger partial charge in [-0.15, -0.1) is 10.2 Å². The molecule has 69 heavy (non-hydrogen) atoms. The highest BCUT2D eigenvalue weighted by molar-refractivity contribution is 5.99. The number of nitrogens with one attached hydrogen (secondary N) is 4. The van der Waals surface area contributed by atoms with Gasteiger partial charge in [-0.3, -0.25) is 19.2 Å². The van der Waals surface area contributed by atoms with Gasteiger partial charge in [-0.25, -0.2) is 24.3 Å². The van der Waals surface area contributed by atoms with Crippen molar-refractivity contribution in [2.24, 2.45) is 7.05 Å². The predicted molar refractivity (Wildman–Crippen MR) is 263 cm³/mol. The van der Waals surface area contributed by atoms with Crippen LogP contribution in [0.3, 0.4) is 0 Å². The fourth-order valence-corrected chi connectivity index (χ4v) is 9.03. The third-order valence-electron chi connectivity index (χ3n) is 12.6. The number of ether oxygens (including phenoxy) is 1. The third kappa shape index (κ3) is 11.4. The lowest BCUT2D eigenvalue weighted by atomic mass is 10.0. The quantitative estimate of drug-likeness (QED) is 0.103. The number of pyridine rings is 1. The highest BCUT2D eigenvalue weighted by Crippen LogP contribution is 2.37. The molecule has 4 aromatic heterocycles. The van der Waals surface area contributed by atoms with E-state index in [0.717, 1.165) is 88.1 Å². The fourth-order valence-electron chi connectivity index (χ4n) is 9.03. The van der Waals surface area contributed by atoms with Crippen LogP contribution in [0, 0.1) is 5.82 Å². The number of hydrogen-bond acceptors (Lipinski definition) is 17. The molecule has 0 spiro atoms. The standard InChI is InChI=1S/C48H58FN17O3/c1-50-48(68)45-39(56-38-12-5-11-37(46(38)69-3)47-54-32-61(2)60-47)27-42(58-59-45)57-40-15-14-36(29-51-40)63-22-24-65(25-23-63)44(67)13-7-16-62-18-20-64(21-19-62)43-28-41(52-31-53-43)55-34-9-6-17-66(30-34)35-10-4-8-33(49)26-35/h4-5,8,10-12,14-15,26-29,31-32,34H,6-7,9,13,16-25,30H2,1-3H3,(H,50,68)(H,52,53,55)(H2,51,56,57,58)/t34-/m1/s1/i1D3. The van der Waals surface area contributed by atoms with Gasteiger partial charge < -0.3 is 45.6 Å². The van der Waals surface area contributed by atoms with E-state index >= 15 is 0 Å². The maximum absolute atomic E-state index is 13.9. The summed E-state index contributed by atoms with van der Waals surface area (Å²) < 4.78 is 43.9. The van der Waals surface area contributed by atoms with E-state index in [1.54, 1.807) is 67.0 Å². The first kappa shape index (κ1) is 42.7. The number of halogens is 1. The van der Waals surface area contributed by atoms with Gasteiger partial charge in [0.05, 0.1) is 35.9 Å². The van der Waals surface area contributed by atoms with E-state index in [1.807, 2.05) is 28.4 Å². The number of aryl methyl sites for hydroxylation is 1. The van der Waals surface area contributed by atoms with Crippen molar-refractivity contribution >= 4 is 57.8 Å². The number of piperidine rings is 1. The summed E-state index contributed by atoms with van der Waals surface area (Å²) in [5, 5.41) is 24.5. The normalized spacial score (nSPS) is 17.4. The maximum Gasteiger partial charge on any atom is 0.273 e. The van der Waals surface area contributed by atoms with Crippen molar-refractivity contribution in [3.05, 3.63) is 97.1 Å². The molecule has 21 heteroatoms. The zero-order valence-corrected chi connectivity index (χ0v) is 38.7. The Kier molecular flexibility index (Phi) is 13.3.